The van der Waals surface area contributed by atoms with Crippen LogP contribution in [0.2, 0.25) is 0 Å². The van der Waals surface area contributed by atoms with E-state index in [2.05, 4.69) is 69.8 Å². The molecule has 0 spiro atoms. The molecule has 3 nitrogen and oxygen atoms in total. The largest absolute Gasteiger partial charge is 0.493 e. The molecule has 1 N–H and O–H groups in total. The molecule has 0 aliphatic heterocycles. The van der Waals surface area contributed by atoms with E-state index in [-0.39, 0.29) is 0 Å². The second kappa shape index (κ2) is 7.58. The highest BCUT2D eigenvalue weighted by Crippen LogP contribution is 2.35. The van der Waals surface area contributed by atoms with Crippen LogP contribution < -0.4 is 14.8 Å². The molecule has 4 heteroatoms. The van der Waals surface area contributed by atoms with E-state index in [9.17, 15) is 0 Å². The van der Waals surface area contributed by atoms with Crippen LogP contribution in [0, 0.1) is 0 Å². The Hall–Kier alpha value is -2.20. The zero-order valence-corrected chi connectivity index (χ0v) is 15.4. The molecule has 0 aliphatic rings. The van der Waals surface area contributed by atoms with E-state index in [1.165, 1.54) is 10.8 Å². The molecule has 0 radical (unpaired) electrons. The monoisotopic (exact) mass is 385 g/mol. The van der Waals surface area contributed by atoms with E-state index in [0.717, 1.165) is 27.2 Å². The summed E-state index contributed by atoms with van der Waals surface area (Å²) in [4.78, 5) is 0. The minimum atomic E-state index is 0.596. The fourth-order valence-electron chi connectivity index (χ4n) is 2.78. The summed E-state index contributed by atoms with van der Waals surface area (Å²) < 4.78 is 12.2. The van der Waals surface area contributed by atoms with Crippen molar-refractivity contribution >= 4 is 32.4 Å². The van der Waals surface area contributed by atoms with Gasteiger partial charge < -0.3 is 14.8 Å². The van der Waals surface area contributed by atoms with Crippen molar-refractivity contribution in [2.75, 3.05) is 19.0 Å². The summed E-state index contributed by atoms with van der Waals surface area (Å²) in [6.07, 6.45) is 0. The highest BCUT2D eigenvalue weighted by molar-refractivity contribution is 9.10. The first-order chi connectivity index (χ1) is 11.7. The maximum absolute atomic E-state index is 5.80. The number of halogens is 1. The number of benzene rings is 3. The van der Waals surface area contributed by atoms with Crippen LogP contribution in [0.25, 0.3) is 10.8 Å². The number of hydrogen-bond donors (Lipinski definition) is 1. The van der Waals surface area contributed by atoms with Crippen molar-refractivity contribution in [2.45, 2.75) is 13.5 Å². The third kappa shape index (κ3) is 3.49. The van der Waals surface area contributed by atoms with Crippen LogP contribution in [0.3, 0.4) is 0 Å². The van der Waals surface area contributed by atoms with Crippen LogP contribution in [0.4, 0.5) is 5.69 Å². The van der Waals surface area contributed by atoms with Gasteiger partial charge in [0.05, 0.1) is 13.7 Å². The molecule has 0 amide bonds. The lowest BCUT2D eigenvalue weighted by molar-refractivity contribution is 0.308. The number of methoxy groups -OCH3 is 1. The number of fused-ring (bicyclic) bond motifs is 1. The topological polar surface area (TPSA) is 30.5 Å². The summed E-state index contributed by atoms with van der Waals surface area (Å²) in [5, 5.41) is 5.95. The molecule has 0 atom stereocenters. The summed E-state index contributed by atoms with van der Waals surface area (Å²) in [5.41, 5.74) is 2.16. The summed E-state index contributed by atoms with van der Waals surface area (Å²) in [6.45, 7) is 3.22. The number of nitrogens with one attached hydrogen (secondary N) is 1. The maximum Gasteiger partial charge on any atom is 0.166 e. The van der Waals surface area contributed by atoms with Crippen molar-refractivity contribution in [1.29, 1.82) is 0 Å². The molecule has 0 saturated heterocycles. The predicted octanol–water partition coefficient (Wildman–Crippen LogP) is 5.62. The van der Waals surface area contributed by atoms with Gasteiger partial charge in [0.15, 0.2) is 11.5 Å². The van der Waals surface area contributed by atoms with Crippen molar-refractivity contribution in [2.24, 2.45) is 0 Å². The molecular weight excluding hydrogens is 366 g/mol. The molecule has 0 saturated carbocycles. The zero-order valence-electron chi connectivity index (χ0n) is 13.8. The number of hydrogen-bond acceptors (Lipinski definition) is 3. The molecular formula is C20H20BrNO2. The van der Waals surface area contributed by atoms with Gasteiger partial charge in [-0.05, 0) is 30.5 Å². The van der Waals surface area contributed by atoms with E-state index in [0.29, 0.717) is 13.2 Å². The summed E-state index contributed by atoms with van der Waals surface area (Å²) in [7, 11) is 1.66. The van der Waals surface area contributed by atoms with E-state index in [1.54, 1.807) is 7.11 Å². The first-order valence-electron chi connectivity index (χ1n) is 7.93. The second-order valence-electron chi connectivity index (χ2n) is 5.41. The van der Waals surface area contributed by atoms with Crippen molar-refractivity contribution in [3.8, 4) is 11.5 Å². The Kier molecular flexibility index (Phi) is 5.26. The lowest BCUT2D eigenvalue weighted by Gasteiger charge is -2.16. The lowest BCUT2D eigenvalue weighted by Crippen LogP contribution is -2.05. The van der Waals surface area contributed by atoms with Gasteiger partial charge in [-0.1, -0.05) is 52.3 Å². The van der Waals surface area contributed by atoms with Gasteiger partial charge in [-0.2, -0.15) is 0 Å². The average Bonchev–Trinajstić information content (AvgIpc) is 2.61. The van der Waals surface area contributed by atoms with E-state index in [1.807, 2.05) is 13.0 Å². The van der Waals surface area contributed by atoms with Gasteiger partial charge >= 0.3 is 0 Å². The molecule has 0 aromatic heterocycles. The van der Waals surface area contributed by atoms with E-state index >= 15 is 0 Å². The predicted molar refractivity (Wildman–Crippen MR) is 103 cm³/mol. The SMILES string of the molecule is CCOc1c(CNc2cccc3ccccc23)cc(Br)cc1OC. The molecule has 124 valence electrons. The van der Waals surface area contributed by atoms with Crippen LogP contribution in [0.1, 0.15) is 12.5 Å². The summed E-state index contributed by atoms with van der Waals surface area (Å²) in [6, 6.07) is 18.6. The first-order valence-corrected chi connectivity index (χ1v) is 8.73. The van der Waals surface area contributed by atoms with Gasteiger partial charge in [0, 0.05) is 27.7 Å². The highest BCUT2D eigenvalue weighted by Gasteiger charge is 2.12. The van der Waals surface area contributed by atoms with Crippen molar-refractivity contribution in [3.05, 3.63) is 64.6 Å². The molecule has 0 bridgehead atoms. The Morgan fingerprint density at radius 3 is 2.62 bits per heavy atom. The fraction of sp³-hybridized carbons (Fsp3) is 0.200. The van der Waals surface area contributed by atoms with Gasteiger partial charge in [0.2, 0.25) is 0 Å². The van der Waals surface area contributed by atoms with Gasteiger partial charge in [0.1, 0.15) is 0 Å². The highest BCUT2D eigenvalue weighted by atomic mass is 79.9. The molecule has 0 aliphatic carbocycles. The van der Waals surface area contributed by atoms with E-state index in [4.69, 9.17) is 9.47 Å². The Morgan fingerprint density at radius 2 is 1.83 bits per heavy atom. The Balaban J connectivity index is 1.92. The van der Waals surface area contributed by atoms with Crippen molar-refractivity contribution < 1.29 is 9.47 Å². The Labute approximate surface area is 150 Å². The lowest BCUT2D eigenvalue weighted by atomic mass is 10.1. The van der Waals surface area contributed by atoms with Crippen molar-refractivity contribution in [3.63, 3.8) is 0 Å². The Morgan fingerprint density at radius 1 is 1.04 bits per heavy atom. The third-order valence-corrected chi connectivity index (χ3v) is 4.32. The quantitative estimate of drug-likeness (QED) is 0.596. The standard InChI is InChI=1S/C20H20BrNO2/c1-3-24-20-15(11-16(21)12-19(20)23-2)13-22-18-10-6-8-14-7-4-5-9-17(14)18/h4-12,22H,3,13H2,1-2H3. The fourth-order valence-corrected chi connectivity index (χ4v) is 3.27. The first kappa shape index (κ1) is 16.7. The van der Waals surface area contributed by atoms with Crippen LogP contribution in [0.5, 0.6) is 11.5 Å². The van der Waals surface area contributed by atoms with Crippen LogP contribution in [-0.4, -0.2) is 13.7 Å². The number of rotatable bonds is 6. The average molecular weight is 386 g/mol. The molecule has 3 aromatic rings. The van der Waals surface area contributed by atoms with Gasteiger partial charge in [0.25, 0.3) is 0 Å². The second-order valence-corrected chi connectivity index (χ2v) is 6.33. The smallest absolute Gasteiger partial charge is 0.166 e. The van der Waals surface area contributed by atoms with Crippen LogP contribution in [0.15, 0.2) is 59.1 Å². The molecule has 3 rings (SSSR count). The Bertz CT molecular complexity index is 843. The summed E-state index contributed by atoms with van der Waals surface area (Å²) in [5.74, 6) is 1.52. The molecule has 0 unspecified atom stereocenters. The molecule has 0 heterocycles. The number of anilines is 1. The van der Waals surface area contributed by atoms with Crippen LogP contribution >= 0.6 is 15.9 Å². The third-order valence-electron chi connectivity index (χ3n) is 3.86. The van der Waals surface area contributed by atoms with Crippen LogP contribution in [-0.2, 0) is 6.54 Å². The van der Waals surface area contributed by atoms with Crippen molar-refractivity contribution in [1.82, 2.24) is 0 Å². The molecule has 0 fully saturated rings. The van der Waals surface area contributed by atoms with Gasteiger partial charge in [-0.25, -0.2) is 0 Å². The molecule has 24 heavy (non-hydrogen) atoms. The van der Waals surface area contributed by atoms with E-state index < -0.39 is 0 Å². The normalized spacial score (nSPS) is 10.6. The summed E-state index contributed by atoms with van der Waals surface area (Å²) >= 11 is 3.54. The number of ether oxygens (including phenoxy) is 2. The van der Waals surface area contributed by atoms with Gasteiger partial charge in [-0.15, -0.1) is 0 Å². The van der Waals surface area contributed by atoms with Gasteiger partial charge in [-0.3, -0.25) is 0 Å². The maximum atomic E-state index is 5.80. The minimum absolute atomic E-state index is 0.596. The molecule has 3 aromatic carbocycles. The minimum Gasteiger partial charge on any atom is -0.493 e. The zero-order chi connectivity index (χ0) is 16.9.